The average molecular weight is 965 g/mol. The molecule has 1 heterocycles. The molecule has 0 fully saturated rings. The topological polar surface area (TPSA) is 396 Å². The van der Waals surface area contributed by atoms with Crippen LogP contribution < -0.4 is 16.0 Å². The lowest BCUT2D eigenvalue weighted by atomic mass is 10.1. The number of rotatable bonds is 15. The Balaban J connectivity index is 1.26. The van der Waals surface area contributed by atoms with Gasteiger partial charge in [-0.25, -0.2) is 0 Å². The van der Waals surface area contributed by atoms with Gasteiger partial charge in [0.1, 0.15) is 9.79 Å². The molecular weight excluding hydrogens is 937 g/mol. The van der Waals surface area contributed by atoms with Crippen LogP contribution in [0, 0.1) is 0 Å². The third-order valence-corrected chi connectivity index (χ3v) is 12.7. The minimum atomic E-state index is -4.99. The first kappa shape index (κ1) is 46.0. The molecule has 0 amide bonds. The van der Waals surface area contributed by atoms with Crippen LogP contribution in [0.5, 0.6) is 0 Å². The number of fused-ring (bicyclic) bond motifs is 1. The quantitative estimate of drug-likeness (QED) is 0.0433. The summed E-state index contributed by atoms with van der Waals surface area (Å²) in [6, 6.07) is 19.2. The van der Waals surface area contributed by atoms with Crippen LogP contribution >= 0.6 is 0 Å². The van der Waals surface area contributed by atoms with Gasteiger partial charge < -0.3 is 16.0 Å². The molecule has 1 atom stereocenters. The lowest BCUT2D eigenvalue weighted by molar-refractivity contribution is 0.473. The fourth-order valence-electron chi connectivity index (χ4n) is 5.19. The van der Waals surface area contributed by atoms with E-state index in [4.69, 9.17) is 4.55 Å². The van der Waals surface area contributed by atoms with Crippen LogP contribution in [0.4, 0.5) is 52.0 Å². The smallest absolute Gasteiger partial charge is 0.296 e. The minimum absolute atomic E-state index is 0.0396. The Bertz CT molecular complexity index is 3410. The fraction of sp³-hybridized carbons (Fsp3) is 0.0606. The maximum absolute atomic E-state index is 12.4. The standard InChI is InChI=1S/C33H28N10O15S5/c1-18(59(44,45)46)34-31-37-32(39-33(38-31)36-28-13-10-24(16-30(28)63(56,57)58)43-41-22-8-11-25(12-9-22)60(47,48)49)35-20-4-6-21(7-5-20)40-42-23-3-2-19-14-26(61(50,51)52)17-29(27(19)15-23)62(53,54)55/h2-18H,1H3,(H,44,45,46)(H,47,48,49)(H,50,51,52)(H,53,54,55)(H,56,57,58)(H3,34,35,36,37,38,39). The molecule has 25 nitrogen and oxygen atoms in total. The second-order valence-corrected chi connectivity index (χ2v) is 20.1. The molecule has 6 rings (SSSR count). The van der Waals surface area contributed by atoms with Crippen molar-refractivity contribution in [1.29, 1.82) is 0 Å². The van der Waals surface area contributed by atoms with Crippen LogP contribution in [-0.2, 0) is 50.6 Å². The van der Waals surface area contributed by atoms with Crippen molar-refractivity contribution in [3.8, 4) is 0 Å². The summed E-state index contributed by atoms with van der Waals surface area (Å²) >= 11 is 0. The molecule has 0 aliphatic carbocycles. The van der Waals surface area contributed by atoms with Gasteiger partial charge in [0.15, 0.2) is 5.37 Å². The lowest BCUT2D eigenvalue weighted by Crippen LogP contribution is -2.27. The van der Waals surface area contributed by atoms with Gasteiger partial charge in [0.25, 0.3) is 50.6 Å². The average Bonchev–Trinajstić information content (AvgIpc) is 3.18. The number of nitrogens with one attached hydrogen (secondary N) is 3. The van der Waals surface area contributed by atoms with E-state index < -0.39 is 87.4 Å². The van der Waals surface area contributed by atoms with Crippen molar-refractivity contribution in [3.63, 3.8) is 0 Å². The zero-order valence-electron chi connectivity index (χ0n) is 31.3. The predicted octanol–water partition coefficient (Wildman–Crippen LogP) is 5.98. The molecule has 0 saturated heterocycles. The van der Waals surface area contributed by atoms with Crippen molar-refractivity contribution in [3.05, 3.63) is 97.1 Å². The molecule has 63 heavy (non-hydrogen) atoms. The number of hydrogen-bond donors (Lipinski definition) is 8. The number of anilines is 5. The summed E-state index contributed by atoms with van der Waals surface area (Å²) in [5, 5.41) is 22.0. The molecule has 8 N–H and O–H groups in total. The highest BCUT2D eigenvalue weighted by atomic mass is 32.2. The Kier molecular flexibility index (Phi) is 12.7. The van der Waals surface area contributed by atoms with Crippen molar-refractivity contribution in [1.82, 2.24) is 15.0 Å². The van der Waals surface area contributed by atoms with E-state index >= 15 is 0 Å². The SMILES string of the molecule is CC(Nc1nc(Nc2ccc(N=Nc3ccc4cc(S(=O)(=O)O)cc(S(=O)(=O)O)c4c3)cc2)nc(Nc2ccc(N=Nc3ccc(S(=O)(=O)O)cc3)cc2S(=O)(=O)O)n1)S(=O)(=O)O. The molecule has 0 saturated carbocycles. The summed E-state index contributed by atoms with van der Waals surface area (Å²) in [6.45, 7) is 1.07. The molecule has 0 aliphatic heterocycles. The van der Waals surface area contributed by atoms with E-state index in [1.165, 1.54) is 60.7 Å². The first-order valence-electron chi connectivity index (χ1n) is 16.9. The Morgan fingerprint density at radius 2 is 0.952 bits per heavy atom. The zero-order chi connectivity index (χ0) is 46.1. The van der Waals surface area contributed by atoms with Gasteiger partial charge in [-0.05, 0) is 103 Å². The molecule has 0 aliphatic rings. The molecule has 30 heteroatoms. The fourth-order valence-corrected chi connectivity index (χ4v) is 7.93. The Labute approximate surface area is 356 Å². The van der Waals surface area contributed by atoms with Crippen LogP contribution in [0.1, 0.15) is 6.92 Å². The summed E-state index contributed by atoms with van der Waals surface area (Å²) in [5.41, 5.74) is 0.330. The van der Waals surface area contributed by atoms with Crippen molar-refractivity contribution in [2.24, 2.45) is 20.5 Å². The van der Waals surface area contributed by atoms with E-state index in [-0.39, 0.29) is 45.2 Å². The number of aromatic nitrogens is 3. The monoisotopic (exact) mass is 964 g/mol. The van der Waals surface area contributed by atoms with E-state index in [1.54, 1.807) is 0 Å². The molecule has 1 aromatic heterocycles. The van der Waals surface area contributed by atoms with Gasteiger partial charge in [-0.1, -0.05) is 6.07 Å². The maximum atomic E-state index is 12.4. The molecular formula is C33H28N10O15S5. The normalized spacial score (nSPS) is 13.4. The van der Waals surface area contributed by atoms with Gasteiger partial charge in [-0.3, -0.25) is 22.8 Å². The van der Waals surface area contributed by atoms with Crippen LogP contribution in [0.3, 0.4) is 0 Å². The van der Waals surface area contributed by atoms with Gasteiger partial charge in [0.05, 0.1) is 38.2 Å². The van der Waals surface area contributed by atoms with Crippen molar-refractivity contribution in [2.75, 3.05) is 16.0 Å². The van der Waals surface area contributed by atoms with Crippen molar-refractivity contribution < 1.29 is 64.9 Å². The summed E-state index contributed by atoms with van der Waals surface area (Å²) in [5.74, 6) is -1.12. The summed E-state index contributed by atoms with van der Waals surface area (Å²) in [4.78, 5) is 9.61. The molecule has 330 valence electrons. The lowest BCUT2D eigenvalue weighted by Gasteiger charge is -2.15. The Morgan fingerprint density at radius 1 is 0.476 bits per heavy atom. The van der Waals surface area contributed by atoms with Crippen LogP contribution in [0.2, 0.25) is 0 Å². The molecule has 0 spiro atoms. The number of benzene rings is 5. The zero-order valence-corrected chi connectivity index (χ0v) is 35.4. The molecule has 0 radical (unpaired) electrons. The van der Waals surface area contributed by atoms with Crippen LogP contribution in [0.25, 0.3) is 10.8 Å². The number of azo groups is 2. The van der Waals surface area contributed by atoms with Gasteiger partial charge >= 0.3 is 0 Å². The van der Waals surface area contributed by atoms with Crippen LogP contribution in [0.15, 0.2) is 137 Å². The third kappa shape index (κ3) is 11.9. The largest absolute Gasteiger partial charge is 0.336 e. The van der Waals surface area contributed by atoms with Gasteiger partial charge in [-0.15, -0.1) is 0 Å². The molecule has 5 aromatic carbocycles. The van der Waals surface area contributed by atoms with E-state index in [0.717, 1.165) is 37.3 Å². The van der Waals surface area contributed by atoms with E-state index in [9.17, 15) is 60.3 Å². The molecule has 0 bridgehead atoms. The first-order valence-corrected chi connectivity index (χ1v) is 24.2. The molecule has 1 unspecified atom stereocenters. The Hall–Kier alpha value is -6.48. The first-order chi connectivity index (χ1) is 29.2. The van der Waals surface area contributed by atoms with Gasteiger partial charge in [0.2, 0.25) is 17.8 Å². The Morgan fingerprint density at radius 3 is 1.49 bits per heavy atom. The maximum Gasteiger partial charge on any atom is 0.296 e. The van der Waals surface area contributed by atoms with E-state index in [0.29, 0.717) is 11.8 Å². The second kappa shape index (κ2) is 17.4. The highest BCUT2D eigenvalue weighted by molar-refractivity contribution is 7.87. The van der Waals surface area contributed by atoms with Gasteiger partial charge in [-0.2, -0.15) is 77.5 Å². The summed E-state index contributed by atoms with van der Waals surface area (Å²) in [7, 11) is -23.9. The van der Waals surface area contributed by atoms with E-state index in [2.05, 4.69) is 51.4 Å². The number of hydrogen-bond acceptors (Lipinski definition) is 20. The highest BCUT2D eigenvalue weighted by Crippen LogP contribution is 2.33. The van der Waals surface area contributed by atoms with E-state index in [1.807, 2.05) is 0 Å². The van der Waals surface area contributed by atoms with Crippen molar-refractivity contribution >= 4 is 113 Å². The minimum Gasteiger partial charge on any atom is -0.336 e. The van der Waals surface area contributed by atoms with Gasteiger partial charge in [0, 0.05) is 11.1 Å². The predicted molar refractivity (Wildman–Crippen MR) is 222 cm³/mol. The summed E-state index contributed by atoms with van der Waals surface area (Å²) in [6.07, 6.45) is 0. The number of nitrogens with zero attached hydrogens (tertiary/aromatic N) is 7. The second-order valence-electron chi connectivity index (χ2n) is 12.7. The van der Waals surface area contributed by atoms with Crippen molar-refractivity contribution in [2.45, 2.75) is 31.9 Å². The third-order valence-electron chi connectivity index (χ3n) is 8.17. The summed E-state index contributed by atoms with van der Waals surface area (Å²) < 4.78 is 166. The van der Waals surface area contributed by atoms with Crippen LogP contribution in [-0.4, -0.2) is 85.2 Å². The molecule has 6 aromatic rings. The highest BCUT2D eigenvalue weighted by Gasteiger charge is 2.23.